The predicted octanol–water partition coefficient (Wildman–Crippen LogP) is 6.39. The summed E-state index contributed by atoms with van der Waals surface area (Å²) in [6.07, 6.45) is 16.1. The third kappa shape index (κ3) is 13.9. The zero-order valence-corrected chi connectivity index (χ0v) is 18.1. The van der Waals surface area contributed by atoms with E-state index in [9.17, 15) is 4.79 Å². The molecule has 26 heavy (non-hydrogen) atoms. The molecule has 0 N–H and O–H groups in total. The van der Waals surface area contributed by atoms with Crippen molar-refractivity contribution in [2.75, 3.05) is 24.7 Å². The predicted molar refractivity (Wildman–Crippen MR) is 113 cm³/mol. The fraction of sp³-hybridized carbons (Fsp3) is 0.955. The molecule has 0 amide bonds. The molecule has 1 saturated heterocycles. The lowest BCUT2D eigenvalue weighted by Crippen LogP contribution is -2.19. The van der Waals surface area contributed by atoms with Gasteiger partial charge in [-0.25, -0.2) is 0 Å². The molecule has 154 valence electrons. The molecule has 0 spiro atoms. The number of thioether (sulfide) groups is 1. The smallest absolute Gasteiger partial charge is 0.308 e. The highest BCUT2D eigenvalue weighted by atomic mass is 32.2. The molecule has 3 nitrogen and oxygen atoms in total. The van der Waals surface area contributed by atoms with Crippen LogP contribution in [0.25, 0.3) is 0 Å². The van der Waals surface area contributed by atoms with E-state index in [0.29, 0.717) is 12.7 Å². The number of rotatable bonds is 19. The number of unbranched alkanes of at least 4 members (excludes halogenated alkanes) is 8. The van der Waals surface area contributed by atoms with E-state index in [1.807, 2.05) is 11.8 Å². The summed E-state index contributed by atoms with van der Waals surface area (Å²) in [4.78, 5) is 12.5. The second-order valence-corrected chi connectivity index (χ2v) is 8.80. The molecule has 1 fully saturated rings. The average Bonchev–Trinajstić information content (AvgIpc) is 3.46. The van der Waals surface area contributed by atoms with Crippen LogP contribution >= 0.6 is 11.8 Å². The van der Waals surface area contributed by atoms with Crippen LogP contribution in [0.15, 0.2) is 0 Å². The van der Waals surface area contributed by atoms with Crippen LogP contribution in [0, 0.1) is 5.92 Å². The first-order chi connectivity index (χ1) is 12.8. The molecular weight excluding hydrogens is 344 g/mol. The minimum atomic E-state index is 0.0607. The van der Waals surface area contributed by atoms with E-state index in [1.165, 1.54) is 64.2 Å². The van der Waals surface area contributed by atoms with Gasteiger partial charge in [-0.3, -0.25) is 4.79 Å². The summed E-state index contributed by atoms with van der Waals surface area (Å²) >= 11 is 1.91. The first-order valence-electron chi connectivity index (χ1n) is 11.1. The Morgan fingerprint density at radius 1 is 0.962 bits per heavy atom. The van der Waals surface area contributed by atoms with E-state index in [-0.39, 0.29) is 11.9 Å². The van der Waals surface area contributed by atoms with Gasteiger partial charge in [0.05, 0.1) is 25.2 Å². The fourth-order valence-corrected chi connectivity index (χ4v) is 4.14. The van der Waals surface area contributed by atoms with E-state index in [4.69, 9.17) is 9.47 Å². The van der Waals surface area contributed by atoms with Crippen molar-refractivity contribution in [2.24, 2.45) is 5.92 Å². The van der Waals surface area contributed by atoms with Crippen LogP contribution in [-0.4, -0.2) is 36.8 Å². The summed E-state index contributed by atoms with van der Waals surface area (Å²) < 4.78 is 10.8. The van der Waals surface area contributed by atoms with Crippen molar-refractivity contribution in [3.8, 4) is 0 Å². The maximum Gasteiger partial charge on any atom is 0.308 e. The van der Waals surface area contributed by atoms with Gasteiger partial charge < -0.3 is 9.47 Å². The molecule has 0 saturated carbocycles. The SMILES string of the molecule is CCCCCCCCC(CCCCCC)C(=O)OCCCSCC1CO1. The van der Waals surface area contributed by atoms with Gasteiger partial charge in [0.25, 0.3) is 0 Å². The molecule has 0 aromatic carbocycles. The van der Waals surface area contributed by atoms with Gasteiger partial charge in [0.1, 0.15) is 0 Å². The minimum absolute atomic E-state index is 0.0607. The van der Waals surface area contributed by atoms with Crippen LogP contribution in [0.4, 0.5) is 0 Å². The molecule has 2 atom stereocenters. The number of carbonyl (C=O) groups excluding carboxylic acids is 1. The summed E-state index contributed by atoms with van der Waals surface area (Å²) in [7, 11) is 0. The summed E-state index contributed by atoms with van der Waals surface area (Å²) in [6, 6.07) is 0. The second kappa shape index (κ2) is 16.9. The van der Waals surface area contributed by atoms with Crippen LogP contribution in [0.2, 0.25) is 0 Å². The average molecular weight is 387 g/mol. The first-order valence-corrected chi connectivity index (χ1v) is 12.3. The highest BCUT2D eigenvalue weighted by molar-refractivity contribution is 7.99. The molecule has 0 aliphatic carbocycles. The lowest BCUT2D eigenvalue weighted by atomic mass is 9.94. The van der Waals surface area contributed by atoms with Crippen molar-refractivity contribution in [1.82, 2.24) is 0 Å². The molecular formula is C22H42O3S. The van der Waals surface area contributed by atoms with Crippen LogP contribution in [-0.2, 0) is 14.3 Å². The standard InChI is InChI=1S/C22H42O3S/c1-3-5-7-9-10-12-15-20(14-11-8-6-4-2)22(23)24-16-13-17-26-19-21-18-25-21/h20-21H,3-19H2,1-2H3. The molecule has 1 aliphatic rings. The van der Waals surface area contributed by atoms with Gasteiger partial charge in [0.15, 0.2) is 0 Å². The number of ether oxygens (including phenoxy) is 2. The molecule has 0 aromatic rings. The van der Waals surface area contributed by atoms with E-state index in [2.05, 4.69) is 13.8 Å². The van der Waals surface area contributed by atoms with Gasteiger partial charge in [-0.15, -0.1) is 0 Å². The molecule has 1 heterocycles. The second-order valence-electron chi connectivity index (χ2n) is 7.65. The van der Waals surface area contributed by atoms with E-state index in [0.717, 1.165) is 37.4 Å². The number of hydrogen-bond acceptors (Lipinski definition) is 4. The maximum atomic E-state index is 12.5. The molecule has 2 unspecified atom stereocenters. The summed E-state index contributed by atoms with van der Waals surface area (Å²) in [5, 5.41) is 0. The Kier molecular flexibility index (Phi) is 15.5. The van der Waals surface area contributed by atoms with Crippen molar-refractivity contribution in [1.29, 1.82) is 0 Å². The quantitative estimate of drug-likeness (QED) is 0.146. The number of epoxide rings is 1. The Balaban J connectivity index is 2.13. The van der Waals surface area contributed by atoms with Crippen LogP contribution in [0.5, 0.6) is 0 Å². The Labute approximate surface area is 166 Å². The Morgan fingerprint density at radius 2 is 1.54 bits per heavy atom. The van der Waals surface area contributed by atoms with Crippen molar-refractivity contribution in [3.63, 3.8) is 0 Å². The number of carbonyl (C=O) groups is 1. The lowest BCUT2D eigenvalue weighted by Gasteiger charge is -2.16. The van der Waals surface area contributed by atoms with Gasteiger partial charge in [-0.05, 0) is 25.0 Å². The molecule has 0 bridgehead atoms. The topological polar surface area (TPSA) is 38.8 Å². The van der Waals surface area contributed by atoms with Crippen LogP contribution < -0.4 is 0 Å². The largest absolute Gasteiger partial charge is 0.465 e. The zero-order valence-electron chi connectivity index (χ0n) is 17.3. The summed E-state index contributed by atoms with van der Waals surface area (Å²) in [5.74, 6) is 2.34. The molecule has 4 heteroatoms. The zero-order chi connectivity index (χ0) is 18.9. The lowest BCUT2D eigenvalue weighted by molar-refractivity contribution is -0.149. The highest BCUT2D eigenvalue weighted by Crippen LogP contribution is 2.21. The van der Waals surface area contributed by atoms with Crippen molar-refractivity contribution in [2.45, 2.75) is 103 Å². The fourth-order valence-electron chi connectivity index (χ4n) is 3.20. The summed E-state index contributed by atoms with van der Waals surface area (Å²) in [5.41, 5.74) is 0. The van der Waals surface area contributed by atoms with E-state index in [1.54, 1.807) is 0 Å². The Hall–Kier alpha value is -0.220. The monoisotopic (exact) mass is 386 g/mol. The third-order valence-electron chi connectivity index (χ3n) is 5.03. The number of esters is 1. The summed E-state index contributed by atoms with van der Waals surface area (Å²) in [6.45, 7) is 6.00. The first kappa shape index (κ1) is 23.8. The van der Waals surface area contributed by atoms with Crippen molar-refractivity contribution < 1.29 is 14.3 Å². The molecule has 0 aromatic heterocycles. The van der Waals surface area contributed by atoms with E-state index >= 15 is 0 Å². The van der Waals surface area contributed by atoms with Crippen LogP contribution in [0.1, 0.15) is 97.3 Å². The van der Waals surface area contributed by atoms with Gasteiger partial charge >= 0.3 is 5.97 Å². The van der Waals surface area contributed by atoms with Gasteiger partial charge in [0.2, 0.25) is 0 Å². The minimum Gasteiger partial charge on any atom is -0.465 e. The maximum absolute atomic E-state index is 12.5. The Bertz CT molecular complexity index is 331. The van der Waals surface area contributed by atoms with Gasteiger partial charge in [-0.2, -0.15) is 11.8 Å². The van der Waals surface area contributed by atoms with E-state index < -0.39 is 0 Å². The highest BCUT2D eigenvalue weighted by Gasteiger charge is 2.22. The Morgan fingerprint density at radius 3 is 2.15 bits per heavy atom. The van der Waals surface area contributed by atoms with Crippen molar-refractivity contribution in [3.05, 3.63) is 0 Å². The van der Waals surface area contributed by atoms with Gasteiger partial charge in [0, 0.05) is 5.75 Å². The molecule has 1 aliphatic heterocycles. The third-order valence-corrected chi connectivity index (χ3v) is 6.21. The molecule has 1 rings (SSSR count). The van der Waals surface area contributed by atoms with Crippen molar-refractivity contribution >= 4 is 17.7 Å². The van der Waals surface area contributed by atoms with Gasteiger partial charge in [-0.1, -0.05) is 78.1 Å². The normalized spacial score (nSPS) is 17.2. The molecule has 0 radical (unpaired) electrons. The number of hydrogen-bond donors (Lipinski definition) is 0. The van der Waals surface area contributed by atoms with Crippen LogP contribution in [0.3, 0.4) is 0 Å².